The van der Waals surface area contributed by atoms with Gasteiger partial charge in [0, 0.05) is 13.1 Å². The number of nitrogens with zero attached hydrogens (tertiary/aromatic N) is 1. The SMILES string of the molecule is O=C(C(O)c1ccc2c(c1)OCCO2)N1CCCCC1. The fraction of sp³-hybridized carbons (Fsp3) is 0.533. The first-order valence-corrected chi connectivity index (χ1v) is 7.12. The van der Waals surface area contributed by atoms with E-state index in [9.17, 15) is 9.90 Å². The average Bonchev–Trinajstić information content (AvgIpc) is 2.54. The van der Waals surface area contributed by atoms with Crippen LogP contribution >= 0.6 is 0 Å². The number of hydrogen-bond donors (Lipinski definition) is 1. The first-order chi connectivity index (χ1) is 9.75. The molecule has 1 N–H and O–H groups in total. The molecule has 1 aromatic rings. The Balaban J connectivity index is 1.75. The number of likely N-dealkylation sites (tertiary alicyclic amines) is 1. The number of carbonyl (C=O) groups is 1. The Bertz CT molecular complexity index is 497. The molecular formula is C15H19NO4. The molecule has 5 nitrogen and oxygen atoms in total. The highest BCUT2D eigenvalue weighted by Gasteiger charge is 2.26. The molecule has 0 spiro atoms. The number of aliphatic hydroxyl groups is 1. The molecule has 3 rings (SSSR count). The van der Waals surface area contributed by atoms with Crippen LogP contribution in [0.15, 0.2) is 18.2 Å². The van der Waals surface area contributed by atoms with Crippen molar-refractivity contribution in [3.63, 3.8) is 0 Å². The summed E-state index contributed by atoms with van der Waals surface area (Å²) in [5.74, 6) is 1.04. The third-order valence-electron chi connectivity index (χ3n) is 3.78. The van der Waals surface area contributed by atoms with Crippen LogP contribution < -0.4 is 9.47 Å². The first-order valence-electron chi connectivity index (χ1n) is 7.12. The van der Waals surface area contributed by atoms with Crippen LogP contribution in [0.5, 0.6) is 11.5 Å². The zero-order valence-electron chi connectivity index (χ0n) is 11.4. The average molecular weight is 277 g/mol. The summed E-state index contributed by atoms with van der Waals surface area (Å²) in [4.78, 5) is 14.0. The van der Waals surface area contributed by atoms with E-state index >= 15 is 0 Å². The van der Waals surface area contributed by atoms with Crippen molar-refractivity contribution in [3.8, 4) is 11.5 Å². The van der Waals surface area contributed by atoms with Gasteiger partial charge in [0.1, 0.15) is 13.2 Å². The van der Waals surface area contributed by atoms with Crippen molar-refractivity contribution in [2.75, 3.05) is 26.3 Å². The van der Waals surface area contributed by atoms with E-state index in [-0.39, 0.29) is 5.91 Å². The van der Waals surface area contributed by atoms with Gasteiger partial charge in [0.05, 0.1) is 0 Å². The van der Waals surface area contributed by atoms with Crippen LogP contribution in [0.3, 0.4) is 0 Å². The molecule has 0 radical (unpaired) electrons. The molecule has 108 valence electrons. The lowest BCUT2D eigenvalue weighted by atomic mass is 10.1. The highest BCUT2D eigenvalue weighted by atomic mass is 16.6. The minimum absolute atomic E-state index is 0.221. The van der Waals surface area contributed by atoms with E-state index in [4.69, 9.17) is 9.47 Å². The molecule has 1 fully saturated rings. The van der Waals surface area contributed by atoms with Gasteiger partial charge in [-0.1, -0.05) is 6.07 Å². The van der Waals surface area contributed by atoms with Gasteiger partial charge in [-0.2, -0.15) is 0 Å². The van der Waals surface area contributed by atoms with E-state index in [2.05, 4.69) is 0 Å². The van der Waals surface area contributed by atoms with Crippen molar-refractivity contribution >= 4 is 5.91 Å². The number of carbonyl (C=O) groups excluding carboxylic acids is 1. The molecule has 5 heteroatoms. The summed E-state index contributed by atoms with van der Waals surface area (Å²) in [6, 6.07) is 5.16. The van der Waals surface area contributed by atoms with Gasteiger partial charge < -0.3 is 19.5 Å². The van der Waals surface area contributed by atoms with Gasteiger partial charge in [0.2, 0.25) is 0 Å². The lowest BCUT2D eigenvalue weighted by Crippen LogP contribution is -2.38. The molecule has 1 atom stereocenters. The number of rotatable bonds is 2. The summed E-state index contributed by atoms with van der Waals surface area (Å²) in [7, 11) is 0. The van der Waals surface area contributed by atoms with Crippen molar-refractivity contribution in [3.05, 3.63) is 23.8 Å². The Kier molecular flexibility index (Phi) is 3.78. The van der Waals surface area contributed by atoms with Gasteiger partial charge >= 0.3 is 0 Å². The molecule has 0 bridgehead atoms. The fourth-order valence-electron chi connectivity index (χ4n) is 2.66. The van der Waals surface area contributed by atoms with Crippen molar-refractivity contribution in [2.24, 2.45) is 0 Å². The number of fused-ring (bicyclic) bond motifs is 1. The molecule has 2 aliphatic rings. The Hall–Kier alpha value is -1.75. The van der Waals surface area contributed by atoms with Gasteiger partial charge in [-0.05, 0) is 37.0 Å². The highest BCUT2D eigenvalue weighted by Crippen LogP contribution is 2.33. The van der Waals surface area contributed by atoms with Gasteiger partial charge in [0.25, 0.3) is 5.91 Å². The highest BCUT2D eigenvalue weighted by molar-refractivity contribution is 5.82. The summed E-state index contributed by atoms with van der Waals surface area (Å²) < 4.78 is 10.9. The van der Waals surface area contributed by atoms with E-state index in [1.807, 2.05) is 0 Å². The second-order valence-electron chi connectivity index (χ2n) is 5.19. The quantitative estimate of drug-likeness (QED) is 0.890. The summed E-state index contributed by atoms with van der Waals surface area (Å²) in [6.07, 6.45) is 2.06. The van der Waals surface area contributed by atoms with E-state index in [1.165, 1.54) is 0 Å². The molecule has 2 heterocycles. The maximum absolute atomic E-state index is 12.3. The van der Waals surface area contributed by atoms with Crippen LogP contribution in [0.1, 0.15) is 30.9 Å². The number of piperidine rings is 1. The van der Waals surface area contributed by atoms with Crippen LogP contribution in [-0.2, 0) is 4.79 Å². The predicted octanol–water partition coefficient (Wildman–Crippen LogP) is 1.50. The minimum Gasteiger partial charge on any atom is -0.486 e. The molecular weight excluding hydrogens is 258 g/mol. The maximum atomic E-state index is 12.3. The Labute approximate surface area is 118 Å². The van der Waals surface area contributed by atoms with Crippen LogP contribution in [0.2, 0.25) is 0 Å². The van der Waals surface area contributed by atoms with Gasteiger partial charge in [-0.25, -0.2) is 0 Å². The molecule has 1 saturated heterocycles. The molecule has 0 saturated carbocycles. The van der Waals surface area contributed by atoms with Crippen molar-refractivity contribution < 1.29 is 19.4 Å². The molecule has 0 aromatic heterocycles. The Morgan fingerprint density at radius 2 is 1.80 bits per heavy atom. The smallest absolute Gasteiger partial charge is 0.256 e. The number of aliphatic hydroxyl groups excluding tert-OH is 1. The zero-order valence-corrected chi connectivity index (χ0v) is 11.4. The third-order valence-corrected chi connectivity index (χ3v) is 3.78. The lowest BCUT2D eigenvalue weighted by molar-refractivity contribution is -0.141. The number of benzene rings is 1. The van der Waals surface area contributed by atoms with Crippen molar-refractivity contribution in [1.82, 2.24) is 4.90 Å². The molecule has 1 unspecified atom stereocenters. The molecule has 0 aliphatic carbocycles. The molecule has 20 heavy (non-hydrogen) atoms. The van der Waals surface area contributed by atoms with Crippen LogP contribution in [0.25, 0.3) is 0 Å². The molecule has 2 aliphatic heterocycles. The van der Waals surface area contributed by atoms with Crippen LogP contribution in [-0.4, -0.2) is 42.2 Å². The fourth-order valence-corrected chi connectivity index (χ4v) is 2.66. The van der Waals surface area contributed by atoms with Gasteiger partial charge in [-0.15, -0.1) is 0 Å². The second kappa shape index (κ2) is 5.71. The van der Waals surface area contributed by atoms with E-state index in [0.717, 1.165) is 32.4 Å². The van der Waals surface area contributed by atoms with E-state index in [1.54, 1.807) is 23.1 Å². The van der Waals surface area contributed by atoms with Gasteiger partial charge in [0.15, 0.2) is 17.6 Å². The largest absolute Gasteiger partial charge is 0.486 e. The first kappa shape index (κ1) is 13.2. The lowest BCUT2D eigenvalue weighted by Gasteiger charge is -2.29. The molecule has 1 amide bonds. The normalized spacial score (nSPS) is 19.6. The minimum atomic E-state index is -1.12. The standard InChI is InChI=1S/C15H19NO4/c17-14(15(18)16-6-2-1-3-7-16)11-4-5-12-13(10-11)20-9-8-19-12/h4-5,10,14,17H,1-3,6-9H2. The topological polar surface area (TPSA) is 59.0 Å². The number of ether oxygens (including phenoxy) is 2. The summed E-state index contributed by atoms with van der Waals surface area (Å²) in [6.45, 7) is 2.50. The van der Waals surface area contributed by atoms with E-state index < -0.39 is 6.10 Å². The summed E-state index contributed by atoms with van der Waals surface area (Å²) in [5, 5.41) is 10.3. The predicted molar refractivity (Wildman–Crippen MR) is 72.8 cm³/mol. The third kappa shape index (κ3) is 2.58. The van der Waals surface area contributed by atoms with Crippen molar-refractivity contribution in [1.29, 1.82) is 0 Å². The summed E-state index contributed by atoms with van der Waals surface area (Å²) >= 11 is 0. The van der Waals surface area contributed by atoms with E-state index in [0.29, 0.717) is 30.3 Å². The maximum Gasteiger partial charge on any atom is 0.256 e. The van der Waals surface area contributed by atoms with Crippen molar-refractivity contribution in [2.45, 2.75) is 25.4 Å². The number of hydrogen-bond acceptors (Lipinski definition) is 4. The summed E-state index contributed by atoms with van der Waals surface area (Å²) in [5.41, 5.74) is 0.560. The van der Waals surface area contributed by atoms with Gasteiger partial charge in [-0.3, -0.25) is 4.79 Å². The number of amides is 1. The van der Waals surface area contributed by atoms with Crippen LogP contribution in [0, 0.1) is 0 Å². The monoisotopic (exact) mass is 277 g/mol. The Morgan fingerprint density at radius 3 is 2.55 bits per heavy atom. The second-order valence-corrected chi connectivity index (χ2v) is 5.19. The van der Waals surface area contributed by atoms with Crippen LogP contribution in [0.4, 0.5) is 0 Å². The Morgan fingerprint density at radius 1 is 1.10 bits per heavy atom. The molecule has 1 aromatic carbocycles. The zero-order chi connectivity index (χ0) is 13.9.